The zero-order chi connectivity index (χ0) is 38.2. The summed E-state index contributed by atoms with van der Waals surface area (Å²) in [5, 5.41) is 0. The highest BCUT2D eigenvalue weighted by Gasteiger charge is 2.19. The van der Waals surface area contributed by atoms with Crippen molar-refractivity contribution in [2.24, 2.45) is 0 Å². The number of nitrogens with zero attached hydrogens (tertiary/aromatic N) is 2. The molecule has 0 amide bonds. The Morgan fingerprint density at radius 2 is 0.661 bits per heavy atom. The number of fused-ring (bicyclic) bond motifs is 8. The van der Waals surface area contributed by atoms with Crippen LogP contribution in [0.1, 0.15) is 33.1 Å². The quantitative estimate of drug-likeness (QED) is 0.151. The summed E-state index contributed by atoms with van der Waals surface area (Å²) in [6.45, 7) is 0. The van der Waals surface area contributed by atoms with Gasteiger partial charge in [0.15, 0.2) is 0 Å². The predicted octanol–water partition coefficient (Wildman–Crippen LogP) is 11.2. The fourth-order valence-electron chi connectivity index (χ4n) is 7.42. The highest BCUT2D eigenvalue weighted by molar-refractivity contribution is 6.00. The van der Waals surface area contributed by atoms with Gasteiger partial charge < -0.3 is 24.2 Å². The van der Waals surface area contributed by atoms with E-state index in [-0.39, 0.29) is 0 Å². The lowest BCUT2D eigenvalue weighted by Crippen LogP contribution is -1.90. The molecule has 0 fully saturated rings. The van der Waals surface area contributed by atoms with Crippen LogP contribution in [0.4, 0.5) is 0 Å². The molecule has 0 unspecified atom stereocenters. The van der Waals surface area contributed by atoms with Gasteiger partial charge in [-0.15, -0.1) is 0 Å². The van der Waals surface area contributed by atoms with Gasteiger partial charge >= 0.3 is 0 Å². The van der Waals surface area contributed by atoms with Gasteiger partial charge in [-0.3, -0.25) is 4.79 Å². The maximum Gasteiger partial charge on any atom is 0.150 e. The predicted molar refractivity (Wildman–Crippen MR) is 226 cm³/mol. The first-order chi connectivity index (χ1) is 27.5. The Morgan fingerprint density at radius 3 is 0.911 bits per heavy atom. The van der Waals surface area contributed by atoms with E-state index in [2.05, 4.69) is 94.9 Å². The summed E-state index contributed by atoms with van der Waals surface area (Å²) in [6.07, 6.45) is 9.12. The van der Waals surface area contributed by atoms with Gasteiger partial charge in [-0.05, 0) is 107 Å². The largest absolute Gasteiger partial charge is 0.497 e. The average molecular weight is 733 g/mol. The van der Waals surface area contributed by atoms with Crippen LogP contribution in [0.25, 0.3) is 90.9 Å². The molecule has 8 bridgehead atoms. The van der Waals surface area contributed by atoms with Crippen LogP contribution in [0.15, 0.2) is 121 Å². The van der Waals surface area contributed by atoms with Crippen molar-refractivity contribution >= 4 is 52.7 Å². The van der Waals surface area contributed by atoms with Crippen LogP contribution in [0.3, 0.4) is 0 Å². The first kappa shape index (κ1) is 34.3. The highest BCUT2D eigenvalue weighted by atomic mass is 16.5. The maximum absolute atomic E-state index is 11.7. The number of H-pyrrole nitrogens is 2. The summed E-state index contributed by atoms with van der Waals surface area (Å²) >= 11 is 0. The van der Waals surface area contributed by atoms with E-state index < -0.39 is 0 Å². The van der Waals surface area contributed by atoms with E-state index in [0.717, 1.165) is 113 Å². The Labute approximate surface area is 323 Å². The number of ether oxygens (including phenoxy) is 3. The number of hydrogen-bond donors (Lipinski definition) is 2. The third-order valence-corrected chi connectivity index (χ3v) is 10.2. The molecule has 4 aromatic carbocycles. The molecule has 9 rings (SSSR count). The molecule has 8 nitrogen and oxygen atoms in total. The number of aromatic amines is 2. The topological polar surface area (TPSA) is 102 Å². The average Bonchev–Trinajstić information content (AvgIpc) is 4.10. The molecule has 8 heteroatoms. The maximum atomic E-state index is 11.7. The SMILES string of the molecule is COc1ccc(-c2c3nc(c(-c4ccc(OC)cc4)c4ccc([nH]4)c(-c4ccc(OC)cc4)c4nc(c(-c5ccc(C=O)cc5)c5ccc2[nH]5)C=C4)C=C3)cc1. The van der Waals surface area contributed by atoms with Crippen LogP contribution >= 0.6 is 0 Å². The molecule has 0 radical (unpaired) electrons. The number of aldehydes is 1. The monoisotopic (exact) mass is 732 g/mol. The molecule has 5 heterocycles. The van der Waals surface area contributed by atoms with Crippen LogP contribution in [0.2, 0.25) is 0 Å². The minimum Gasteiger partial charge on any atom is -0.497 e. The molecular formula is C48H36N4O4. The lowest BCUT2D eigenvalue weighted by Gasteiger charge is -2.08. The number of carbonyl (C=O) groups is 1. The van der Waals surface area contributed by atoms with Crippen LogP contribution < -0.4 is 14.2 Å². The molecule has 0 atom stereocenters. The molecule has 0 aliphatic carbocycles. The van der Waals surface area contributed by atoms with Crippen molar-refractivity contribution in [2.45, 2.75) is 0 Å². The fourth-order valence-corrected chi connectivity index (χ4v) is 7.42. The second kappa shape index (κ2) is 14.4. The minimum absolute atomic E-state index is 0.600. The zero-order valence-corrected chi connectivity index (χ0v) is 31.0. The fraction of sp³-hybridized carbons (Fsp3) is 0.0625. The summed E-state index contributed by atoms with van der Waals surface area (Å²) < 4.78 is 16.6. The molecule has 2 aliphatic rings. The molecule has 0 spiro atoms. The molecular weight excluding hydrogens is 697 g/mol. The van der Waals surface area contributed by atoms with Gasteiger partial charge in [0.2, 0.25) is 0 Å². The third-order valence-electron chi connectivity index (χ3n) is 10.2. The first-order valence-electron chi connectivity index (χ1n) is 18.2. The summed E-state index contributed by atoms with van der Waals surface area (Å²) in [5.41, 5.74) is 14.9. The molecule has 0 saturated carbocycles. The number of hydrogen-bond acceptors (Lipinski definition) is 6. The molecule has 3 aromatic heterocycles. The number of rotatable bonds is 8. The molecule has 2 N–H and O–H groups in total. The van der Waals surface area contributed by atoms with Gasteiger partial charge in [0.1, 0.15) is 23.5 Å². The van der Waals surface area contributed by atoms with Crippen LogP contribution in [0, 0.1) is 0 Å². The Morgan fingerprint density at radius 1 is 0.393 bits per heavy atom. The summed E-state index contributed by atoms with van der Waals surface area (Å²) in [6, 6.07) is 40.1. The Bertz CT molecular complexity index is 2800. The van der Waals surface area contributed by atoms with E-state index >= 15 is 0 Å². The number of carbonyl (C=O) groups excluding carboxylic acids is 1. The van der Waals surface area contributed by atoms with Crippen molar-refractivity contribution < 1.29 is 19.0 Å². The van der Waals surface area contributed by atoms with Crippen molar-refractivity contribution in [3.8, 4) is 61.8 Å². The zero-order valence-electron chi connectivity index (χ0n) is 31.0. The lowest BCUT2D eigenvalue weighted by molar-refractivity contribution is 0.112. The number of aromatic nitrogens is 4. The molecule has 2 aliphatic heterocycles. The third kappa shape index (κ3) is 6.23. The first-order valence-corrected chi connectivity index (χ1v) is 18.2. The number of benzene rings is 4. The number of methoxy groups -OCH3 is 3. The standard InChI is InChI=1S/C48H36N4O4/c1-54-34-14-8-31(9-15-34)46-39-22-20-37(49-39)45(30-6-4-29(28-53)5-7-30)38-21-23-40(50-38)47(32-10-16-35(55-2)17-11-32)42-25-27-44(52-42)48(43-26-24-41(46)51-43)33-12-18-36(56-3)19-13-33/h4-28,49,52H,1-3H3. The second-order valence-corrected chi connectivity index (χ2v) is 13.4. The van der Waals surface area contributed by atoms with Crippen molar-refractivity contribution in [3.05, 3.63) is 150 Å². The Balaban J connectivity index is 1.44. The summed E-state index contributed by atoms with van der Waals surface area (Å²) in [4.78, 5) is 29.9. The Kier molecular flexibility index (Phi) is 8.83. The van der Waals surface area contributed by atoms with Crippen molar-refractivity contribution in [2.75, 3.05) is 21.3 Å². The number of nitrogens with one attached hydrogen (secondary N) is 2. The van der Waals surface area contributed by atoms with Crippen LogP contribution in [-0.4, -0.2) is 47.6 Å². The van der Waals surface area contributed by atoms with Gasteiger partial charge in [0, 0.05) is 49.9 Å². The van der Waals surface area contributed by atoms with Gasteiger partial charge in [-0.25, -0.2) is 9.97 Å². The van der Waals surface area contributed by atoms with Crippen molar-refractivity contribution in [1.82, 2.24) is 19.9 Å². The second-order valence-electron chi connectivity index (χ2n) is 13.4. The molecule has 272 valence electrons. The van der Waals surface area contributed by atoms with Gasteiger partial charge in [0.25, 0.3) is 0 Å². The molecule has 56 heavy (non-hydrogen) atoms. The van der Waals surface area contributed by atoms with Crippen LogP contribution in [0.5, 0.6) is 17.2 Å². The lowest BCUT2D eigenvalue weighted by atomic mass is 10.0. The van der Waals surface area contributed by atoms with Crippen molar-refractivity contribution in [3.63, 3.8) is 0 Å². The molecule has 7 aromatic rings. The van der Waals surface area contributed by atoms with E-state index in [1.165, 1.54) is 0 Å². The van der Waals surface area contributed by atoms with Crippen LogP contribution in [-0.2, 0) is 0 Å². The highest BCUT2D eigenvalue weighted by Crippen LogP contribution is 2.39. The van der Waals surface area contributed by atoms with Gasteiger partial charge in [0.05, 0.1) is 44.1 Å². The van der Waals surface area contributed by atoms with E-state index in [0.29, 0.717) is 5.56 Å². The van der Waals surface area contributed by atoms with Crippen molar-refractivity contribution in [1.29, 1.82) is 0 Å². The minimum atomic E-state index is 0.600. The Hall–Kier alpha value is -7.45. The summed E-state index contributed by atoms with van der Waals surface area (Å²) in [5.74, 6) is 2.30. The van der Waals surface area contributed by atoms with E-state index in [9.17, 15) is 4.79 Å². The van der Waals surface area contributed by atoms with Gasteiger partial charge in [-0.1, -0.05) is 60.7 Å². The van der Waals surface area contributed by atoms with E-state index in [1.54, 1.807) is 21.3 Å². The van der Waals surface area contributed by atoms with E-state index in [1.807, 2.05) is 60.7 Å². The van der Waals surface area contributed by atoms with E-state index in [4.69, 9.17) is 24.2 Å². The normalized spacial score (nSPS) is 11.8. The van der Waals surface area contributed by atoms with Gasteiger partial charge in [-0.2, -0.15) is 0 Å². The summed E-state index contributed by atoms with van der Waals surface area (Å²) in [7, 11) is 5.00. The smallest absolute Gasteiger partial charge is 0.150 e. The molecule has 0 saturated heterocycles.